The number of hydrogen-bond donors (Lipinski definition) is 0. The maximum absolute atomic E-state index is 12.2. The summed E-state index contributed by atoms with van der Waals surface area (Å²) in [5.74, 6) is 0.563. The molecule has 0 aromatic heterocycles. The zero-order valence-electron chi connectivity index (χ0n) is 12.3. The number of rotatable bonds is 8. The SMILES string of the molecule is CCOC(CCS(=O)c1ccc(C)c(C)c1)OCC. The lowest BCUT2D eigenvalue weighted by atomic mass is 10.1. The van der Waals surface area contributed by atoms with E-state index in [9.17, 15) is 4.21 Å². The molecule has 1 unspecified atom stereocenters. The molecule has 108 valence electrons. The Morgan fingerprint density at radius 2 is 1.74 bits per heavy atom. The van der Waals surface area contributed by atoms with Crippen LogP contribution in [0.1, 0.15) is 31.4 Å². The van der Waals surface area contributed by atoms with Crippen LogP contribution in [0, 0.1) is 13.8 Å². The highest BCUT2D eigenvalue weighted by Crippen LogP contribution is 2.15. The van der Waals surface area contributed by atoms with Gasteiger partial charge in [-0.25, -0.2) is 0 Å². The molecule has 0 bridgehead atoms. The van der Waals surface area contributed by atoms with Gasteiger partial charge in [-0.05, 0) is 51.0 Å². The molecular formula is C15H24O3S. The standard InChI is InChI=1S/C15H24O3S/c1-5-17-15(18-6-2)9-10-19(16)14-8-7-12(3)13(4)11-14/h7-8,11,15H,5-6,9-10H2,1-4H3. The maximum atomic E-state index is 12.2. The van der Waals surface area contributed by atoms with Crippen molar-refractivity contribution in [2.24, 2.45) is 0 Å². The van der Waals surface area contributed by atoms with Crippen molar-refractivity contribution in [3.8, 4) is 0 Å². The van der Waals surface area contributed by atoms with Crippen LogP contribution in [0.15, 0.2) is 23.1 Å². The lowest BCUT2D eigenvalue weighted by molar-refractivity contribution is -0.136. The van der Waals surface area contributed by atoms with Crippen molar-refractivity contribution >= 4 is 10.8 Å². The van der Waals surface area contributed by atoms with Crippen molar-refractivity contribution in [2.45, 2.75) is 45.3 Å². The van der Waals surface area contributed by atoms with Crippen LogP contribution in [0.4, 0.5) is 0 Å². The van der Waals surface area contributed by atoms with Gasteiger partial charge in [0.25, 0.3) is 0 Å². The molecule has 0 fully saturated rings. The minimum atomic E-state index is -0.990. The van der Waals surface area contributed by atoms with Crippen molar-refractivity contribution in [3.05, 3.63) is 29.3 Å². The molecule has 0 aliphatic heterocycles. The first-order valence-corrected chi connectivity index (χ1v) is 8.09. The largest absolute Gasteiger partial charge is 0.353 e. The van der Waals surface area contributed by atoms with Gasteiger partial charge in [-0.3, -0.25) is 4.21 Å². The Morgan fingerprint density at radius 3 is 2.26 bits per heavy atom. The average molecular weight is 284 g/mol. The number of hydrogen-bond acceptors (Lipinski definition) is 3. The summed E-state index contributed by atoms with van der Waals surface area (Å²) in [7, 11) is -0.990. The predicted octanol–water partition coefficient (Wildman–Crippen LogP) is 3.20. The first-order chi connectivity index (χ1) is 9.08. The minimum absolute atomic E-state index is 0.245. The average Bonchev–Trinajstić information content (AvgIpc) is 2.39. The maximum Gasteiger partial charge on any atom is 0.158 e. The number of ether oxygens (including phenoxy) is 2. The predicted molar refractivity (Wildman–Crippen MR) is 78.8 cm³/mol. The third-order valence-electron chi connectivity index (χ3n) is 2.99. The van der Waals surface area contributed by atoms with E-state index < -0.39 is 10.8 Å². The van der Waals surface area contributed by atoms with Crippen molar-refractivity contribution in [1.29, 1.82) is 0 Å². The van der Waals surface area contributed by atoms with Gasteiger partial charge in [0.15, 0.2) is 6.29 Å². The molecule has 1 aromatic rings. The summed E-state index contributed by atoms with van der Waals surface area (Å²) in [6.45, 7) is 9.20. The molecule has 0 saturated carbocycles. The van der Waals surface area contributed by atoms with Crippen LogP contribution in [-0.4, -0.2) is 29.5 Å². The summed E-state index contributed by atoms with van der Waals surface area (Å²) in [4.78, 5) is 0.884. The lowest BCUT2D eigenvalue weighted by Gasteiger charge is -2.16. The minimum Gasteiger partial charge on any atom is -0.353 e. The molecule has 3 nitrogen and oxygen atoms in total. The molecule has 0 N–H and O–H groups in total. The summed E-state index contributed by atoms with van der Waals surface area (Å²) in [6.07, 6.45) is 0.409. The van der Waals surface area contributed by atoms with Crippen molar-refractivity contribution in [3.63, 3.8) is 0 Å². The quantitative estimate of drug-likeness (QED) is 0.688. The van der Waals surface area contributed by atoms with E-state index in [0.29, 0.717) is 25.4 Å². The molecule has 1 atom stereocenters. The molecule has 4 heteroatoms. The van der Waals surface area contributed by atoms with Crippen LogP contribution in [0.2, 0.25) is 0 Å². The van der Waals surface area contributed by atoms with Crippen molar-refractivity contribution in [1.82, 2.24) is 0 Å². The fraction of sp³-hybridized carbons (Fsp3) is 0.600. The van der Waals surface area contributed by atoms with E-state index in [1.54, 1.807) is 0 Å². The Balaban J connectivity index is 2.56. The van der Waals surface area contributed by atoms with Gasteiger partial charge in [-0.15, -0.1) is 0 Å². The van der Waals surface area contributed by atoms with E-state index in [0.717, 1.165) is 4.90 Å². The fourth-order valence-corrected chi connectivity index (χ4v) is 2.93. The van der Waals surface area contributed by atoms with E-state index in [1.807, 2.05) is 39.0 Å². The van der Waals surface area contributed by atoms with Crippen molar-refractivity contribution < 1.29 is 13.7 Å². The van der Waals surface area contributed by atoms with Crippen LogP contribution in [0.5, 0.6) is 0 Å². The Morgan fingerprint density at radius 1 is 1.11 bits per heavy atom. The highest BCUT2D eigenvalue weighted by atomic mass is 32.2. The zero-order chi connectivity index (χ0) is 14.3. The van der Waals surface area contributed by atoms with Crippen LogP contribution in [0.3, 0.4) is 0 Å². The summed E-state index contributed by atoms with van der Waals surface area (Å²) in [5.41, 5.74) is 2.40. The first-order valence-electron chi connectivity index (χ1n) is 6.77. The van der Waals surface area contributed by atoms with Gasteiger partial charge >= 0.3 is 0 Å². The monoisotopic (exact) mass is 284 g/mol. The smallest absolute Gasteiger partial charge is 0.158 e. The molecule has 0 saturated heterocycles. The Bertz CT molecular complexity index is 412. The molecule has 19 heavy (non-hydrogen) atoms. The normalized spacial score (nSPS) is 12.9. The molecule has 0 spiro atoms. The molecule has 0 heterocycles. The van der Waals surface area contributed by atoms with E-state index in [1.165, 1.54) is 11.1 Å². The Kier molecular flexibility index (Phi) is 7.28. The van der Waals surface area contributed by atoms with Crippen LogP contribution < -0.4 is 0 Å². The highest BCUT2D eigenvalue weighted by molar-refractivity contribution is 7.85. The molecule has 1 aromatic carbocycles. The second-order valence-corrected chi connectivity index (χ2v) is 6.00. The summed E-state index contributed by atoms with van der Waals surface area (Å²) < 4.78 is 23.1. The lowest BCUT2D eigenvalue weighted by Crippen LogP contribution is -2.20. The summed E-state index contributed by atoms with van der Waals surface area (Å²) in [6, 6.07) is 5.96. The van der Waals surface area contributed by atoms with Gasteiger partial charge in [0, 0.05) is 30.3 Å². The third kappa shape index (κ3) is 5.43. The van der Waals surface area contributed by atoms with Crippen molar-refractivity contribution in [2.75, 3.05) is 19.0 Å². The molecular weight excluding hydrogens is 260 g/mol. The van der Waals surface area contributed by atoms with Gasteiger partial charge in [0.2, 0.25) is 0 Å². The molecule has 0 amide bonds. The summed E-state index contributed by atoms with van der Waals surface area (Å²) in [5, 5.41) is 0. The van der Waals surface area contributed by atoms with E-state index in [4.69, 9.17) is 9.47 Å². The third-order valence-corrected chi connectivity index (χ3v) is 4.37. The van der Waals surface area contributed by atoms with E-state index >= 15 is 0 Å². The van der Waals surface area contributed by atoms with E-state index in [2.05, 4.69) is 6.92 Å². The first kappa shape index (κ1) is 16.3. The highest BCUT2D eigenvalue weighted by Gasteiger charge is 2.12. The van der Waals surface area contributed by atoms with Crippen LogP contribution in [-0.2, 0) is 20.3 Å². The van der Waals surface area contributed by atoms with Gasteiger partial charge < -0.3 is 9.47 Å². The Labute approximate surface area is 118 Å². The zero-order valence-corrected chi connectivity index (χ0v) is 13.1. The number of aryl methyl sites for hydroxylation is 2. The van der Waals surface area contributed by atoms with Gasteiger partial charge in [0.05, 0.1) is 10.8 Å². The molecule has 1 rings (SSSR count). The topological polar surface area (TPSA) is 35.5 Å². The van der Waals surface area contributed by atoms with Gasteiger partial charge in [-0.1, -0.05) is 6.07 Å². The van der Waals surface area contributed by atoms with Gasteiger partial charge in [0.1, 0.15) is 0 Å². The van der Waals surface area contributed by atoms with E-state index in [-0.39, 0.29) is 6.29 Å². The van der Waals surface area contributed by atoms with Gasteiger partial charge in [-0.2, -0.15) is 0 Å². The number of benzene rings is 1. The second kappa shape index (κ2) is 8.46. The second-order valence-electron chi connectivity index (χ2n) is 4.42. The van der Waals surface area contributed by atoms with Crippen LogP contribution >= 0.6 is 0 Å². The van der Waals surface area contributed by atoms with Crippen LogP contribution in [0.25, 0.3) is 0 Å². The molecule has 0 aliphatic rings. The Hall–Kier alpha value is -0.710. The summed E-state index contributed by atoms with van der Waals surface area (Å²) >= 11 is 0. The fourth-order valence-electron chi connectivity index (χ4n) is 1.76. The molecule has 0 radical (unpaired) electrons. The molecule has 0 aliphatic carbocycles.